The molecule has 0 amide bonds. The number of rotatable bonds is 2. The third-order valence-electron chi connectivity index (χ3n) is 3.52. The molecule has 0 atom stereocenters. The highest BCUT2D eigenvalue weighted by Crippen LogP contribution is 2.31. The number of aliphatic imine (C=N–C) groups is 2. The van der Waals surface area contributed by atoms with E-state index in [1.165, 1.54) is 22.3 Å². The summed E-state index contributed by atoms with van der Waals surface area (Å²) in [5, 5.41) is 0. The lowest BCUT2D eigenvalue weighted by molar-refractivity contribution is 1.14. The number of nitrogens with zero attached hydrogens (tertiary/aromatic N) is 2. The Bertz CT molecular complexity index is 487. The van der Waals surface area contributed by atoms with Crippen molar-refractivity contribution >= 4 is 11.4 Å². The topological polar surface area (TPSA) is 24.7 Å². The molecule has 0 radical (unpaired) electrons. The molecule has 0 saturated carbocycles. The van der Waals surface area contributed by atoms with Crippen LogP contribution in [0.25, 0.3) is 0 Å². The third-order valence-corrected chi connectivity index (χ3v) is 3.52. The van der Waals surface area contributed by atoms with E-state index in [9.17, 15) is 0 Å². The van der Waals surface area contributed by atoms with E-state index in [1.807, 2.05) is 14.1 Å². The van der Waals surface area contributed by atoms with Gasteiger partial charge in [0.1, 0.15) is 0 Å². The van der Waals surface area contributed by atoms with Crippen LogP contribution in [0.2, 0.25) is 0 Å². The summed E-state index contributed by atoms with van der Waals surface area (Å²) < 4.78 is 0. The summed E-state index contributed by atoms with van der Waals surface area (Å²) in [6.07, 6.45) is 10.7. The molecular weight excluding hydrogens is 220 g/mol. The van der Waals surface area contributed by atoms with Crippen molar-refractivity contribution in [2.24, 2.45) is 9.98 Å². The monoisotopic (exact) mass is 240 g/mol. The second-order valence-electron chi connectivity index (χ2n) is 4.40. The summed E-state index contributed by atoms with van der Waals surface area (Å²) in [6.45, 7) is 4.34. The quantitative estimate of drug-likeness (QED) is 0.703. The molecule has 0 fully saturated rings. The van der Waals surface area contributed by atoms with Crippen LogP contribution in [0.15, 0.2) is 56.6 Å². The van der Waals surface area contributed by atoms with E-state index in [0.29, 0.717) is 0 Å². The molecule has 0 aliphatic heterocycles. The highest BCUT2D eigenvalue weighted by atomic mass is 14.7. The van der Waals surface area contributed by atoms with E-state index in [1.54, 1.807) is 0 Å². The van der Waals surface area contributed by atoms with Gasteiger partial charge in [0.15, 0.2) is 0 Å². The molecule has 2 heteroatoms. The molecule has 0 N–H and O–H groups in total. The SMILES string of the molecule is CCC1=CC=C2C(=CC=C(CC)C2=NC)C1=NC. The smallest absolute Gasteiger partial charge is 0.0681 e. The summed E-state index contributed by atoms with van der Waals surface area (Å²) in [4.78, 5) is 8.92. The van der Waals surface area contributed by atoms with Crippen LogP contribution in [-0.2, 0) is 0 Å². The molecular formula is C16H20N2. The normalized spacial score (nSPS) is 23.3. The summed E-state index contributed by atoms with van der Waals surface area (Å²) in [5.41, 5.74) is 7.27. The predicted molar refractivity (Wildman–Crippen MR) is 79.6 cm³/mol. The molecule has 0 saturated heterocycles. The Balaban J connectivity index is 2.58. The maximum absolute atomic E-state index is 4.46. The minimum absolute atomic E-state index is 1.01. The van der Waals surface area contributed by atoms with Crippen molar-refractivity contribution in [3.8, 4) is 0 Å². The van der Waals surface area contributed by atoms with Crippen LogP contribution in [-0.4, -0.2) is 25.5 Å². The minimum Gasteiger partial charge on any atom is -0.288 e. The van der Waals surface area contributed by atoms with Gasteiger partial charge in [-0.1, -0.05) is 38.2 Å². The largest absolute Gasteiger partial charge is 0.288 e. The second kappa shape index (κ2) is 5.30. The first kappa shape index (κ1) is 12.7. The summed E-state index contributed by atoms with van der Waals surface area (Å²) in [7, 11) is 3.73. The first-order chi connectivity index (χ1) is 8.76. The van der Waals surface area contributed by atoms with Crippen LogP contribution in [0.3, 0.4) is 0 Å². The van der Waals surface area contributed by atoms with Gasteiger partial charge in [0, 0.05) is 25.2 Å². The molecule has 0 bridgehead atoms. The Labute approximate surface area is 109 Å². The van der Waals surface area contributed by atoms with Crippen molar-refractivity contribution in [1.82, 2.24) is 0 Å². The fourth-order valence-corrected chi connectivity index (χ4v) is 2.56. The minimum atomic E-state index is 1.01. The van der Waals surface area contributed by atoms with Gasteiger partial charge in [-0.3, -0.25) is 9.98 Å². The van der Waals surface area contributed by atoms with Gasteiger partial charge in [0.2, 0.25) is 0 Å². The van der Waals surface area contributed by atoms with Crippen molar-refractivity contribution in [3.63, 3.8) is 0 Å². The summed E-state index contributed by atoms with van der Waals surface area (Å²) in [5.74, 6) is 0. The van der Waals surface area contributed by atoms with Crippen LogP contribution in [0, 0.1) is 0 Å². The fraction of sp³-hybridized carbons (Fsp3) is 0.375. The molecule has 0 spiro atoms. The Morgan fingerprint density at radius 1 is 0.722 bits per heavy atom. The Morgan fingerprint density at radius 2 is 1.11 bits per heavy atom. The zero-order chi connectivity index (χ0) is 13.1. The molecule has 2 aliphatic carbocycles. The van der Waals surface area contributed by atoms with Crippen molar-refractivity contribution < 1.29 is 0 Å². The maximum atomic E-state index is 4.46. The number of allylic oxidation sites excluding steroid dienone is 8. The van der Waals surface area contributed by atoms with Crippen LogP contribution < -0.4 is 0 Å². The predicted octanol–water partition coefficient (Wildman–Crippen LogP) is 3.68. The molecule has 18 heavy (non-hydrogen) atoms. The molecule has 2 rings (SSSR count). The van der Waals surface area contributed by atoms with E-state index in [0.717, 1.165) is 24.3 Å². The third kappa shape index (κ3) is 1.92. The van der Waals surface area contributed by atoms with E-state index >= 15 is 0 Å². The van der Waals surface area contributed by atoms with Gasteiger partial charge in [-0.25, -0.2) is 0 Å². The average Bonchev–Trinajstić information content (AvgIpc) is 2.44. The van der Waals surface area contributed by atoms with Gasteiger partial charge in [0.25, 0.3) is 0 Å². The number of fused-ring (bicyclic) bond motifs is 1. The highest BCUT2D eigenvalue weighted by Gasteiger charge is 2.25. The lowest BCUT2D eigenvalue weighted by Gasteiger charge is -2.25. The van der Waals surface area contributed by atoms with Gasteiger partial charge >= 0.3 is 0 Å². The van der Waals surface area contributed by atoms with Gasteiger partial charge in [-0.2, -0.15) is 0 Å². The van der Waals surface area contributed by atoms with Crippen LogP contribution >= 0.6 is 0 Å². The zero-order valence-electron chi connectivity index (χ0n) is 11.6. The van der Waals surface area contributed by atoms with Crippen molar-refractivity contribution in [1.29, 1.82) is 0 Å². The molecule has 0 unspecified atom stereocenters. The van der Waals surface area contributed by atoms with Crippen LogP contribution in [0.4, 0.5) is 0 Å². The van der Waals surface area contributed by atoms with E-state index in [2.05, 4.69) is 48.1 Å². The van der Waals surface area contributed by atoms with Crippen molar-refractivity contribution in [2.45, 2.75) is 26.7 Å². The van der Waals surface area contributed by atoms with E-state index < -0.39 is 0 Å². The lowest BCUT2D eigenvalue weighted by Crippen LogP contribution is -2.21. The zero-order valence-corrected chi connectivity index (χ0v) is 11.6. The first-order valence-electron chi connectivity index (χ1n) is 6.53. The van der Waals surface area contributed by atoms with Gasteiger partial charge in [-0.05, 0) is 24.0 Å². The van der Waals surface area contributed by atoms with E-state index in [-0.39, 0.29) is 0 Å². The average molecular weight is 240 g/mol. The molecule has 0 aromatic carbocycles. The van der Waals surface area contributed by atoms with Crippen molar-refractivity contribution in [3.05, 3.63) is 46.6 Å². The lowest BCUT2D eigenvalue weighted by atomic mass is 9.81. The van der Waals surface area contributed by atoms with Gasteiger partial charge in [0.05, 0.1) is 11.4 Å². The molecule has 2 aliphatic rings. The van der Waals surface area contributed by atoms with Gasteiger partial charge in [-0.15, -0.1) is 0 Å². The molecule has 0 aromatic heterocycles. The standard InChI is InChI=1S/C16H20N2/c1-5-11-7-9-14-13(15(11)17-3)10-8-12(6-2)16(14)18-4/h7-10H,5-6H2,1-4H3. The number of hydrogen-bond acceptors (Lipinski definition) is 2. The van der Waals surface area contributed by atoms with E-state index in [4.69, 9.17) is 0 Å². The Morgan fingerprint density at radius 3 is 1.39 bits per heavy atom. The molecule has 0 heterocycles. The second-order valence-corrected chi connectivity index (χ2v) is 4.40. The Kier molecular flexibility index (Phi) is 3.75. The first-order valence-corrected chi connectivity index (χ1v) is 6.53. The van der Waals surface area contributed by atoms with Crippen molar-refractivity contribution in [2.75, 3.05) is 14.1 Å². The summed E-state index contributed by atoms with van der Waals surface area (Å²) in [6, 6.07) is 0. The fourth-order valence-electron chi connectivity index (χ4n) is 2.56. The molecule has 2 nitrogen and oxygen atoms in total. The van der Waals surface area contributed by atoms with Crippen LogP contribution in [0.5, 0.6) is 0 Å². The maximum Gasteiger partial charge on any atom is 0.0681 e. The highest BCUT2D eigenvalue weighted by molar-refractivity contribution is 6.28. The number of hydrogen-bond donors (Lipinski definition) is 0. The Hall–Kier alpha value is -1.70. The van der Waals surface area contributed by atoms with Gasteiger partial charge < -0.3 is 0 Å². The van der Waals surface area contributed by atoms with Crippen LogP contribution in [0.1, 0.15) is 26.7 Å². The summed E-state index contributed by atoms with van der Waals surface area (Å²) >= 11 is 0. The molecule has 0 aromatic rings. The molecule has 94 valence electrons.